The average Bonchev–Trinajstić information content (AvgIpc) is 2.89. The highest BCUT2D eigenvalue weighted by Crippen LogP contribution is 2.32. The molecule has 3 aromatic rings. The number of aromatic nitrogens is 1. The van der Waals surface area contributed by atoms with Crippen LogP contribution in [0.1, 0.15) is 11.1 Å². The summed E-state index contributed by atoms with van der Waals surface area (Å²) in [6.07, 6.45) is 0.345. The second kappa shape index (κ2) is 4.58. The maximum absolute atomic E-state index is 8.86. The zero-order chi connectivity index (χ0) is 13.2. The van der Waals surface area contributed by atoms with Crippen molar-refractivity contribution in [1.29, 1.82) is 5.26 Å². The summed E-state index contributed by atoms with van der Waals surface area (Å²) in [7, 11) is 0. The SMILES string of the molecule is Cc1ccc(CC#N)c2noc(-c3ccccc3)c12. The lowest BCUT2D eigenvalue weighted by Gasteiger charge is -2.01. The first-order valence-corrected chi connectivity index (χ1v) is 6.11. The Labute approximate surface area is 111 Å². The molecule has 0 saturated heterocycles. The minimum Gasteiger partial charge on any atom is -0.355 e. The summed E-state index contributed by atoms with van der Waals surface area (Å²) in [5.74, 6) is 0.771. The van der Waals surface area contributed by atoms with Crippen LogP contribution in [-0.2, 0) is 6.42 Å². The van der Waals surface area contributed by atoms with Crippen LogP contribution < -0.4 is 0 Å². The maximum atomic E-state index is 8.86. The normalized spacial score (nSPS) is 10.5. The van der Waals surface area contributed by atoms with E-state index in [-0.39, 0.29) is 0 Å². The van der Waals surface area contributed by atoms with Crippen molar-refractivity contribution in [2.45, 2.75) is 13.3 Å². The van der Waals surface area contributed by atoms with Crippen LogP contribution in [0.15, 0.2) is 47.0 Å². The quantitative estimate of drug-likeness (QED) is 0.691. The van der Waals surface area contributed by atoms with Gasteiger partial charge in [0.1, 0.15) is 5.52 Å². The van der Waals surface area contributed by atoms with Crippen molar-refractivity contribution in [1.82, 2.24) is 5.16 Å². The zero-order valence-electron chi connectivity index (χ0n) is 10.6. The van der Waals surface area contributed by atoms with Crippen LogP contribution in [0.25, 0.3) is 22.2 Å². The molecule has 92 valence electrons. The fourth-order valence-electron chi connectivity index (χ4n) is 2.28. The molecule has 1 aromatic heterocycles. The van der Waals surface area contributed by atoms with E-state index in [2.05, 4.69) is 11.2 Å². The first-order chi connectivity index (χ1) is 9.31. The molecule has 0 atom stereocenters. The molecule has 2 aromatic carbocycles. The van der Waals surface area contributed by atoms with Crippen molar-refractivity contribution >= 4 is 10.9 Å². The standard InChI is InChI=1S/C16H12N2O/c1-11-7-8-12(9-10-17)15-14(11)16(19-18-15)13-5-3-2-4-6-13/h2-8H,9H2,1H3. The minimum atomic E-state index is 0.345. The maximum Gasteiger partial charge on any atom is 0.174 e. The van der Waals surface area contributed by atoms with Crippen molar-refractivity contribution < 1.29 is 4.52 Å². The van der Waals surface area contributed by atoms with Gasteiger partial charge in [0.2, 0.25) is 0 Å². The zero-order valence-corrected chi connectivity index (χ0v) is 10.6. The molecule has 0 unspecified atom stereocenters. The Morgan fingerprint density at radius 2 is 1.95 bits per heavy atom. The Hall–Kier alpha value is -2.60. The molecule has 0 radical (unpaired) electrons. The Bertz CT molecular complexity index is 767. The molecule has 0 fully saturated rings. The van der Waals surface area contributed by atoms with Gasteiger partial charge in [0.25, 0.3) is 0 Å². The van der Waals surface area contributed by atoms with Crippen LogP contribution in [0.4, 0.5) is 0 Å². The van der Waals surface area contributed by atoms with E-state index in [4.69, 9.17) is 9.78 Å². The van der Waals surface area contributed by atoms with Gasteiger partial charge in [-0.25, -0.2) is 0 Å². The number of hydrogen-bond donors (Lipinski definition) is 0. The van der Waals surface area contributed by atoms with E-state index >= 15 is 0 Å². The van der Waals surface area contributed by atoms with Gasteiger partial charge in [-0.15, -0.1) is 0 Å². The number of nitriles is 1. The van der Waals surface area contributed by atoms with Gasteiger partial charge in [0.15, 0.2) is 5.76 Å². The molecule has 3 nitrogen and oxygen atoms in total. The molecular formula is C16H12N2O. The summed E-state index contributed by atoms with van der Waals surface area (Å²) in [5.41, 5.74) is 3.81. The van der Waals surface area contributed by atoms with Gasteiger partial charge in [-0.05, 0) is 18.1 Å². The molecule has 0 amide bonds. The lowest BCUT2D eigenvalue weighted by Crippen LogP contribution is -1.86. The molecule has 1 heterocycles. The molecule has 0 bridgehead atoms. The highest BCUT2D eigenvalue weighted by Gasteiger charge is 2.15. The number of fused-ring (bicyclic) bond motifs is 1. The number of aryl methyl sites for hydroxylation is 1. The average molecular weight is 248 g/mol. The van der Waals surface area contributed by atoms with E-state index in [1.807, 2.05) is 49.4 Å². The summed E-state index contributed by atoms with van der Waals surface area (Å²) >= 11 is 0. The molecule has 0 N–H and O–H groups in total. The molecule has 0 spiro atoms. The fraction of sp³-hybridized carbons (Fsp3) is 0.125. The number of hydrogen-bond acceptors (Lipinski definition) is 3. The third-order valence-corrected chi connectivity index (χ3v) is 3.23. The fourth-order valence-corrected chi connectivity index (χ4v) is 2.28. The van der Waals surface area contributed by atoms with Crippen molar-refractivity contribution in [2.75, 3.05) is 0 Å². The molecule has 19 heavy (non-hydrogen) atoms. The van der Waals surface area contributed by atoms with Crippen LogP contribution in [0.3, 0.4) is 0 Å². The van der Waals surface area contributed by atoms with E-state index in [1.165, 1.54) is 0 Å². The van der Waals surface area contributed by atoms with Gasteiger partial charge in [-0.1, -0.05) is 47.6 Å². The van der Waals surface area contributed by atoms with Gasteiger partial charge in [0, 0.05) is 5.56 Å². The number of rotatable bonds is 2. The first kappa shape index (κ1) is 11.5. The Balaban J connectivity index is 2.29. The van der Waals surface area contributed by atoms with Crippen molar-refractivity contribution in [3.63, 3.8) is 0 Å². The third kappa shape index (κ3) is 1.88. The highest BCUT2D eigenvalue weighted by molar-refractivity contribution is 5.96. The minimum absolute atomic E-state index is 0.345. The van der Waals surface area contributed by atoms with E-state index in [0.717, 1.165) is 33.4 Å². The summed E-state index contributed by atoms with van der Waals surface area (Å²) in [5, 5.41) is 14.0. The topological polar surface area (TPSA) is 49.8 Å². The summed E-state index contributed by atoms with van der Waals surface area (Å²) in [6.45, 7) is 2.03. The molecule has 0 aliphatic rings. The van der Waals surface area contributed by atoms with Gasteiger partial charge >= 0.3 is 0 Å². The second-order valence-electron chi connectivity index (χ2n) is 4.48. The monoisotopic (exact) mass is 248 g/mol. The van der Waals surface area contributed by atoms with Gasteiger partial charge in [-0.3, -0.25) is 0 Å². The first-order valence-electron chi connectivity index (χ1n) is 6.11. The smallest absolute Gasteiger partial charge is 0.174 e. The molecule has 3 heteroatoms. The predicted octanol–water partition coefficient (Wildman–Crippen LogP) is 3.87. The molecule has 3 rings (SSSR count). The largest absolute Gasteiger partial charge is 0.355 e. The van der Waals surface area contributed by atoms with Gasteiger partial charge in [-0.2, -0.15) is 5.26 Å². The molecular weight excluding hydrogens is 236 g/mol. The number of benzene rings is 2. The lowest BCUT2D eigenvalue weighted by molar-refractivity contribution is 0.440. The number of nitrogens with zero attached hydrogens (tertiary/aromatic N) is 2. The van der Waals surface area contributed by atoms with E-state index in [0.29, 0.717) is 6.42 Å². The third-order valence-electron chi connectivity index (χ3n) is 3.23. The second-order valence-corrected chi connectivity index (χ2v) is 4.48. The predicted molar refractivity (Wildman–Crippen MR) is 73.5 cm³/mol. The molecule has 0 aliphatic carbocycles. The van der Waals surface area contributed by atoms with Crippen LogP contribution in [0.5, 0.6) is 0 Å². The van der Waals surface area contributed by atoms with Crippen LogP contribution in [0.2, 0.25) is 0 Å². The summed E-state index contributed by atoms with van der Waals surface area (Å²) < 4.78 is 5.51. The van der Waals surface area contributed by atoms with Crippen molar-refractivity contribution in [3.05, 3.63) is 53.6 Å². The van der Waals surface area contributed by atoms with Crippen molar-refractivity contribution in [2.24, 2.45) is 0 Å². The van der Waals surface area contributed by atoms with Gasteiger partial charge in [0.05, 0.1) is 17.9 Å². The Morgan fingerprint density at radius 1 is 1.16 bits per heavy atom. The van der Waals surface area contributed by atoms with Gasteiger partial charge < -0.3 is 4.52 Å². The van der Waals surface area contributed by atoms with Crippen LogP contribution in [0, 0.1) is 18.3 Å². The lowest BCUT2D eigenvalue weighted by atomic mass is 10.0. The van der Waals surface area contributed by atoms with E-state index < -0.39 is 0 Å². The Kier molecular flexibility index (Phi) is 2.77. The Morgan fingerprint density at radius 3 is 2.68 bits per heavy atom. The van der Waals surface area contributed by atoms with Crippen LogP contribution >= 0.6 is 0 Å². The highest BCUT2D eigenvalue weighted by atomic mass is 16.5. The van der Waals surface area contributed by atoms with E-state index in [9.17, 15) is 0 Å². The molecule has 0 saturated carbocycles. The summed E-state index contributed by atoms with van der Waals surface area (Å²) in [4.78, 5) is 0. The van der Waals surface area contributed by atoms with Crippen LogP contribution in [-0.4, -0.2) is 5.16 Å². The molecule has 0 aliphatic heterocycles. The van der Waals surface area contributed by atoms with E-state index in [1.54, 1.807) is 0 Å². The van der Waals surface area contributed by atoms with Crippen molar-refractivity contribution in [3.8, 4) is 17.4 Å². The summed E-state index contributed by atoms with van der Waals surface area (Å²) in [6, 6.07) is 16.0.